The summed E-state index contributed by atoms with van der Waals surface area (Å²) in [5.74, 6) is 1.34. The predicted molar refractivity (Wildman–Crippen MR) is 122 cm³/mol. The molecule has 7 heteroatoms. The maximum Gasteiger partial charge on any atom is 0.191 e. The molecule has 0 bridgehead atoms. The highest BCUT2D eigenvalue weighted by molar-refractivity contribution is 14.0. The molecule has 0 heterocycles. The first-order valence-corrected chi connectivity index (χ1v) is 8.93. The topological polar surface area (TPSA) is 54.9 Å². The first kappa shape index (κ1) is 24.2. The third kappa shape index (κ3) is 7.27. The number of methoxy groups -OCH3 is 2. The fourth-order valence-electron chi connectivity index (χ4n) is 2.77. The Bertz CT molecular complexity index is 754. The first-order valence-electron chi connectivity index (χ1n) is 8.93. The van der Waals surface area contributed by atoms with Crippen molar-refractivity contribution in [3.63, 3.8) is 0 Å². The highest BCUT2D eigenvalue weighted by Crippen LogP contribution is 2.19. The van der Waals surface area contributed by atoms with Gasteiger partial charge >= 0.3 is 0 Å². The summed E-state index contributed by atoms with van der Waals surface area (Å²) in [6, 6.07) is 12.5. The Kier molecular flexibility index (Phi) is 10.8. The summed E-state index contributed by atoms with van der Waals surface area (Å²) < 4.78 is 23.9. The van der Waals surface area contributed by atoms with E-state index in [1.165, 1.54) is 17.7 Å². The van der Waals surface area contributed by atoms with Gasteiger partial charge in [0.1, 0.15) is 11.6 Å². The van der Waals surface area contributed by atoms with E-state index in [-0.39, 0.29) is 35.9 Å². The lowest BCUT2D eigenvalue weighted by molar-refractivity contribution is 0.106. The lowest BCUT2D eigenvalue weighted by Gasteiger charge is -2.19. The molecule has 28 heavy (non-hydrogen) atoms. The molecule has 2 aromatic carbocycles. The zero-order valence-electron chi connectivity index (χ0n) is 16.8. The minimum absolute atomic E-state index is 0. The predicted octanol–water partition coefficient (Wildman–Crippen LogP) is 3.86. The second kappa shape index (κ2) is 12.6. The summed E-state index contributed by atoms with van der Waals surface area (Å²) in [7, 11) is 5.05. The van der Waals surface area contributed by atoms with Crippen molar-refractivity contribution in [3.8, 4) is 5.75 Å². The van der Waals surface area contributed by atoms with Crippen molar-refractivity contribution in [2.24, 2.45) is 4.99 Å². The van der Waals surface area contributed by atoms with Gasteiger partial charge in [0.15, 0.2) is 5.96 Å². The van der Waals surface area contributed by atoms with E-state index in [4.69, 9.17) is 9.47 Å². The molecule has 0 saturated carbocycles. The van der Waals surface area contributed by atoms with Crippen molar-refractivity contribution in [2.75, 3.05) is 34.4 Å². The number of aryl methyl sites for hydroxylation is 1. The standard InChI is InChI=1S/C21H28FN3O2.HI/c1-15-5-6-16(13-19(15)26-3)11-12-24-21(23-2)25-14-20(27-4)17-7-9-18(22)10-8-17;/h5-10,13,20H,11-12,14H2,1-4H3,(H2,23,24,25);1H. The minimum Gasteiger partial charge on any atom is -0.496 e. The number of halogens is 2. The highest BCUT2D eigenvalue weighted by atomic mass is 127. The molecule has 0 aliphatic heterocycles. The maximum atomic E-state index is 13.1. The lowest BCUT2D eigenvalue weighted by Crippen LogP contribution is -2.40. The zero-order chi connectivity index (χ0) is 19.6. The molecule has 0 fully saturated rings. The molecule has 2 aromatic rings. The van der Waals surface area contributed by atoms with Crippen LogP contribution in [0.25, 0.3) is 0 Å². The average Bonchev–Trinajstić information content (AvgIpc) is 2.69. The van der Waals surface area contributed by atoms with Gasteiger partial charge in [0, 0.05) is 27.2 Å². The monoisotopic (exact) mass is 501 g/mol. The fourth-order valence-corrected chi connectivity index (χ4v) is 2.77. The molecule has 1 unspecified atom stereocenters. The van der Waals surface area contributed by atoms with Gasteiger partial charge in [-0.15, -0.1) is 24.0 Å². The van der Waals surface area contributed by atoms with E-state index >= 15 is 0 Å². The number of hydrogen-bond acceptors (Lipinski definition) is 3. The molecule has 2 rings (SSSR count). The van der Waals surface area contributed by atoms with Gasteiger partial charge in [-0.25, -0.2) is 4.39 Å². The summed E-state index contributed by atoms with van der Waals surface area (Å²) in [5.41, 5.74) is 3.23. The van der Waals surface area contributed by atoms with Crippen LogP contribution in [0.4, 0.5) is 4.39 Å². The highest BCUT2D eigenvalue weighted by Gasteiger charge is 2.11. The summed E-state index contributed by atoms with van der Waals surface area (Å²) in [6.45, 7) is 3.29. The van der Waals surface area contributed by atoms with E-state index in [0.717, 1.165) is 29.8 Å². The van der Waals surface area contributed by atoms with Crippen LogP contribution < -0.4 is 15.4 Å². The molecule has 0 aliphatic carbocycles. The van der Waals surface area contributed by atoms with Crippen molar-refractivity contribution in [1.29, 1.82) is 0 Å². The lowest BCUT2D eigenvalue weighted by atomic mass is 10.1. The molecule has 0 aliphatic rings. The molecular weight excluding hydrogens is 472 g/mol. The van der Waals surface area contributed by atoms with E-state index in [2.05, 4.69) is 33.8 Å². The smallest absolute Gasteiger partial charge is 0.191 e. The van der Waals surface area contributed by atoms with Crippen LogP contribution in [0.15, 0.2) is 47.5 Å². The van der Waals surface area contributed by atoms with Crippen molar-refractivity contribution < 1.29 is 13.9 Å². The van der Waals surface area contributed by atoms with Crippen LogP contribution in [-0.2, 0) is 11.2 Å². The SMILES string of the molecule is CN=C(NCCc1ccc(C)c(OC)c1)NCC(OC)c1ccc(F)cc1.I. The second-order valence-corrected chi connectivity index (χ2v) is 6.21. The Morgan fingerprint density at radius 2 is 1.82 bits per heavy atom. The van der Waals surface area contributed by atoms with Crippen molar-refractivity contribution >= 4 is 29.9 Å². The Morgan fingerprint density at radius 1 is 1.11 bits per heavy atom. The van der Waals surface area contributed by atoms with Crippen molar-refractivity contribution in [2.45, 2.75) is 19.4 Å². The number of benzene rings is 2. The van der Waals surface area contributed by atoms with Crippen LogP contribution >= 0.6 is 24.0 Å². The molecule has 2 N–H and O–H groups in total. The number of aliphatic imine (C=N–C) groups is 1. The average molecular weight is 501 g/mol. The maximum absolute atomic E-state index is 13.1. The van der Waals surface area contributed by atoms with Crippen LogP contribution in [0.5, 0.6) is 5.75 Å². The van der Waals surface area contributed by atoms with E-state index in [1.54, 1.807) is 33.4 Å². The molecule has 0 saturated heterocycles. The number of nitrogens with one attached hydrogen (secondary N) is 2. The Morgan fingerprint density at radius 3 is 2.43 bits per heavy atom. The van der Waals surface area contributed by atoms with E-state index in [0.29, 0.717) is 12.5 Å². The first-order chi connectivity index (χ1) is 13.1. The summed E-state index contributed by atoms with van der Waals surface area (Å²) in [5, 5.41) is 6.54. The van der Waals surface area contributed by atoms with Gasteiger partial charge in [-0.05, 0) is 48.2 Å². The molecule has 0 spiro atoms. The molecule has 0 aromatic heterocycles. The summed E-state index contributed by atoms with van der Waals surface area (Å²) >= 11 is 0. The van der Waals surface area contributed by atoms with E-state index < -0.39 is 0 Å². The van der Waals surface area contributed by atoms with Crippen molar-refractivity contribution in [1.82, 2.24) is 10.6 Å². The zero-order valence-corrected chi connectivity index (χ0v) is 19.1. The van der Waals surface area contributed by atoms with E-state index in [1.807, 2.05) is 6.92 Å². The number of ether oxygens (including phenoxy) is 2. The van der Waals surface area contributed by atoms with Crippen LogP contribution in [0, 0.1) is 12.7 Å². The van der Waals surface area contributed by atoms with Gasteiger partial charge in [0.2, 0.25) is 0 Å². The number of hydrogen-bond donors (Lipinski definition) is 2. The molecule has 5 nitrogen and oxygen atoms in total. The fraction of sp³-hybridized carbons (Fsp3) is 0.381. The molecule has 154 valence electrons. The normalized spacial score (nSPS) is 12.1. The van der Waals surface area contributed by atoms with Crippen molar-refractivity contribution in [3.05, 3.63) is 65.0 Å². The number of rotatable bonds is 8. The minimum atomic E-state index is -0.258. The van der Waals surface area contributed by atoms with Gasteiger partial charge in [-0.1, -0.05) is 24.3 Å². The van der Waals surface area contributed by atoms with Crippen LogP contribution in [0.1, 0.15) is 22.8 Å². The quantitative estimate of drug-likeness (QED) is 0.328. The largest absolute Gasteiger partial charge is 0.496 e. The van der Waals surface area contributed by atoms with Gasteiger partial charge in [0.05, 0.1) is 13.2 Å². The summed E-state index contributed by atoms with van der Waals surface area (Å²) in [6.07, 6.45) is 0.661. The Labute approximate surface area is 183 Å². The van der Waals surface area contributed by atoms with Crippen LogP contribution in [0.3, 0.4) is 0 Å². The number of nitrogens with zero attached hydrogens (tertiary/aromatic N) is 1. The van der Waals surface area contributed by atoms with Crippen LogP contribution in [0.2, 0.25) is 0 Å². The van der Waals surface area contributed by atoms with E-state index in [9.17, 15) is 4.39 Å². The molecular formula is C21H29FIN3O2. The van der Waals surface area contributed by atoms with Gasteiger partial charge < -0.3 is 20.1 Å². The third-order valence-corrected chi connectivity index (χ3v) is 4.38. The Balaban J connectivity index is 0.00000392. The van der Waals surface area contributed by atoms with Gasteiger partial charge in [-0.2, -0.15) is 0 Å². The van der Waals surface area contributed by atoms with Gasteiger partial charge in [-0.3, -0.25) is 4.99 Å². The molecule has 0 radical (unpaired) electrons. The molecule has 0 amide bonds. The Hall–Kier alpha value is -1.87. The van der Waals surface area contributed by atoms with Crippen LogP contribution in [-0.4, -0.2) is 40.3 Å². The second-order valence-electron chi connectivity index (χ2n) is 6.21. The molecule has 1 atom stereocenters. The summed E-state index contributed by atoms with van der Waals surface area (Å²) in [4.78, 5) is 4.24. The van der Waals surface area contributed by atoms with Gasteiger partial charge in [0.25, 0.3) is 0 Å². The number of guanidine groups is 1. The third-order valence-electron chi connectivity index (χ3n) is 4.38.